The van der Waals surface area contributed by atoms with Crippen LogP contribution in [0.4, 0.5) is 11.4 Å². The molecular formula is C21H33N3O10. The molecule has 6 N–H and O–H groups in total. The molecule has 0 spiro atoms. The Hall–Kier alpha value is -2.58. The highest BCUT2D eigenvalue weighted by atomic mass is 16.7. The van der Waals surface area contributed by atoms with Gasteiger partial charge in [0.1, 0.15) is 18.0 Å². The molecule has 13 heteroatoms. The van der Waals surface area contributed by atoms with Crippen molar-refractivity contribution in [3.05, 3.63) is 20.4 Å². The predicted molar refractivity (Wildman–Crippen MR) is 121 cm³/mol. The van der Waals surface area contributed by atoms with E-state index in [9.17, 15) is 29.4 Å². The largest absolute Gasteiger partial charge is 0.477 e. The Kier molecular flexibility index (Phi) is 10.9. The molecule has 192 valence electrons. The molecule has 3 unspecified atom stereocenters. The van der Waals surface area contributed by atoms with E-state index in [1.807, 2.05) is 0 Å². The summed E-state index contributed by atoms with van der Waals surface area (Å²) in [5, 5.41) is 36.7. The minimum Gasteiger partial charge on any atom is -0.477 e. The second kappa shape index (κ2) is 13.3. The zero-order valence-corrected chi connectivity index (χ0v) is 19.1. The van der Waals surface area contributed by atoms with Gasteiger partial charge in [-0.3, -0.25) is 14.4 Å². The molecule has 1 aromatic rings. The van der Waals surface area contributed by atoms with E-state index >= 15 is 0 Å². The second-order valence-electron chi connectivity index (χ2n) is 7.99. The molecule has 3 atom stereocenters. The molecule has 1 aliphatic heterocycles. The Morgan fingerprint density at radius 2 is 1.71 bits per heavy atom. The standard InChI is InChI=1S/C21H33N3O10/c1-32-9-7-23-17-16(18(28)19(17)29)22-6-4-2-3-5-8-33-21(20(30)31)10-14(26)13(12-34-21)24-15(27)11-25/h13-14,22-23,25-26H,2-12H2,1H3,(H,24,27)(H,30,31). The highest BCUT2D eigenvalue weighted by Crippen LogP contribution is 2.28. The summed E-state index contributed by atoms with van der Waals surface area (Å²) in [5.41, 5.74) is -0.517. The van der Waals surface area contributed by atoms with E-state index in [-0.39, 0.29) is 31.0 Å². The lowest BCUT2D eigenvalue weighted by molar-refractivity contribution is -0.274. The van der Waals surface area contributed by atoms with Gasteiger partial charge in [0, 0.05) is 26.6 Å². The van der Waals surface area contributed by atoms with E-state index in [0.717, 1.165) is 19.3 Å². The summed E-state index contributed by atoms with van der Waals surface area (Å²) in [4.78, 5) is 46.3. The average Bonchev–Trinajstić information content (AvgIpc) is 2.82. The SMILES string of the molecule is COCCNc1c(NCCCCCCOC2(C(=O)O)CC(O)C(NC(=O)CO)CO2)c(=O)c1=O. The van der Waals surface area contributed by atoms with Gasteiger partial charge in [-0.05, 0) is 12.8 Å². The summed E-state index contributed by atoms with van der Waals surface area (Å²) in [6, 6.07) is -0.841. The van der Waals surface area contributed by atoms with Crippen molar-refractivity contribution in [3.63, 3.8) is 0 Å². The number of aliphatic carboxylic acids is 1. The number of anilines is 2. The summed E-state index contributed by atoms with van der Waals surface area (Å²) < 4.78 is 15.7. The van der Waals surface area contributed by atoms with Crippen LogP contribution in [0.15, 0.2) is 9.59 Å². The molecule has 2 rings (SSSR count). The number of carbonyl (C=O) groups excluding carboxylic acids is 1. The van der Waals surface area contributed by atoms with Crippen LogP contribution in [0.5, 0.6) is 0 Å². The fraction of sp³-hybridized carbons (Fsp3) is 0.714. The Bertz CT molecular complexity index is 885. The van der Waals surface area contributed by atoms with E-state index in [1.165, 1.54) is 7.11 Å². The average molecular weight is 488 g/mol. The number of aliphatic hydroxyl groups excluding tert-OH is 2. The van der Waals surface area contributed by atoms with Crippen LogP contribution in [0.25, 0.3) is 0 Å². The van der Waals surface area contributed by atoms with Crippen molar-refractivity contribution in [1.82, 2.24) is 5.32 Å². The van der Waals surface area contributed by atoms with Crippen LogP contribution < -0.4 is 26.8 Å². The maximum absolute atomic E-state index is 11.7. The van der Waals surface area contributed by atoms with Crippen molar-refractivity contribution in [2.24, 2.45) is 0 Å². The lowest BCUT2D eigenvalue weighted by atomic mass is 9.98. The zero-order chi connectivity index (χ0) is 25.1. The van der Waals surface area contributed by atoms with Gasteiger partial charge in [-0.25, -0.2) is 4.79 Å². The second-order valence-corrected chi connectivity index (χ2v) is 7.99. The number of aliphatic hydroxyl groups is 2. The van der Waals surface area contributed by atoms with Crippen LogP contribution in [0.3, 0.4) is 0 Å². The minimum atomic E-state index is -2.00. The number of methoxy groups -OCH3 is 1. The normalized spacial score (nSPS) is 22.4. The van der Waals surface area contributed by atoms with Crippen LogP contribution in [-0.4, -0.2) is 91.8 Å². The maximum Gasteiger partial charge on any atom is 0.364 e. The monoisotopic (exact) mass is 487 g/mol. The van der Waals surface area contributed by atoms with Crippen molar-refractivity contribution in [2.75, 3.05) is 57.3 Å². The van der Waals surface area contributed by atoms with E-state index in [2.05, 4.69) is 16.0 Å². The van der Waals surface area contributed by atoms with E-state index in [4.69, 9.17) is 19.3 Å². The summed E-state index contributed by atoms with van der Waals surface area (Å²) >= 11 is 0. The first-order chi connectivity index (χ1) is 16.3. The zero-order valence-electron chi connectivity index (χ0n) is 19.1. The molecule has 1 fully saturated rings. The summed E-state index contributed by atoms with van der Waals surface area (Å²) in [6.45, 7) is 0.398. The summed E-state index contributed by atoms with van der Waals surface area (Å²) in [7, 11) is 1.54. The van der Waals surface area contributed by atoms with Gasteiger partial charge in [-0.15, -0.1) is 0 Å². The molecule has 1 aromatic carbocycles. The minimum absolute atomic E-state index is 0.0891. The quantitative estimate of drug-likeness (QED) is 0.115. The highest BCUT2D eigenvalue weighted by molar-refractivity contribution is 5.78. The molecule has 0 radical (unpaired) electrons. The molecule has 0 aromatic heterocycles. The molecule has 34 heavy (non-hydrogen) atoms. The number of amides is 1. The van der Waals surface area contributed by atoms with Crippen LogP contribution >= 0.6 is 0 Å². The molecule has 0 aliphatic carbocycles. The Morgan fingerprint density at radius 3 is 2.29 bits per heavy atom. The lowest BCUT2D eigenvalue weighted by Gasteiger charge is -2.39. The van der Waals surface area contributed by atoms with Gasteiger partial charge in [0.05, 0.1) is 32.0 Å². The van der Waals surface area contributed by atoms with Crippen molar-refractivity contribution >= 4 is 23.3 Å². The number of nitrogens with one attached hydrogen (secondary N) is 3. The molecule has 1 heterocycles. The Balaban J connectivity index is 1.66. The number of rotatable bonds is 16. The van der Waals surface area contributed by atoms with Crippen molar-refractivity contribution in [2.45, 2.75) is 50.0 Å². The lowest BCUT2D eigenvalue weighted by Crippen LogP contribution is -2.60. The molecule has 1 aliphatic rings. The topological polar surface area (TPSA) is 193 Å². The van der Waals surface area contributed by atoms with Crippen molar-refractivity contribution in [1.29, 1.82) is 0 Å². The number of carbonyl (C=O) groups is 2. The predicted octanol–water partition coefficient (Wildman–Crippen LogP) is -1.63. The number of unbranched alkanes of at least 4 members (excludes halogenated alkanes) is 3. The Morgan fingerprint density at radius 1 is 1.06 bits per heavy atom. The molecule has 0 saturated carbocycles. The third kappa shape index (κ3) is 7.21. The molecule has 1 saturated heterocycles. The van der Waals surface area contributed by atoms with Gasteiger partial charge in [-0.2, -0.15) is 0 Å². The van der Waals surface area contributed by atoms with Gasteiger partial charge in [0.15, 0.2) is 0 Å². The molecule has 0 bridgehead atoms. The number of carboxylic acid groups (broad SMARTS) is 1. The van der Waals surface area contributed by atoms with Crippen LogP contribution in [0.1, 0.15) is 32.1 Å². The number of hydrogen-bond donors (Lipinski definition) is 6. The van der Waals surface area contributed by atoms with Gasteiger partial charge in [0.25, 0.3) is 16.6 Å². The summed E-state index contributed by atoms with van der Waals surface area (Å²) in [6.07, 6.45) is 1.18. The van der Waals surface area contributed by atoms with E-state index < -0.39 is 47.3 Å². The fourth-order valence-corrected chi connectivity index (χ4v) is 3.55. The molecule has 13 nitrogen and oxygen atoms in total. The third-order valence-electron chi connectivity index (χ3n) is 5.48. The first-order valence-corrected chi connectivity index (χ1v) is 11.1. The smallest absolute Gasteiger partial charge is 0.364 e. The molecular weight excluding hydrogens is 454 g/mol. The summed E-state index contributed by atoms with van der Waals surface area (Å²) in [5.74, 6) is -4.07. The van der Waals surface area contributed by atoms with Crippen LogP contribution in [0, 0.1) is 0 Å². The van der Waals surface area contributed by atoms with Crippen LogP contribution in [-0.2, 0) is 23.8 Å². The van der Waals surface area contributed by atoms with Gasteiger partial charge in [0.2, 0.25) is 5.91 Å². The number of ether oxygens (including phenoxy) is 3. The highest BCUT2D eigenvalue weighted by Gasteiger charge is 2.49. The van der Waals surface area contributed by atoms with E-state index in [1.54, 1.807) is 0 Å². The van der Waals surface area contributed by atoms with E-state index in [0.29, 0.717) is 26.1 Å². The maximum atomic E-state index is 11.7. The van der Waals surface area contributed by atoms with Gasteiger partial charge < -0.3 is 45.5 Å². The number of hydrogen-bond acceptors (Lipinski definition) is 11. The third-order valence-corrected chi connectivity index (χ3v) is 5.48. The first-order valence-electron chi connectivity index (χ1n) is 11.1. The molecule has 1 amide bonds. The van der Waals surface area contributed by atoms with Crippen LogP contribution in [0.2, 0.25) is 0 Å². The van der Waals surface area contributed by atoms with Crippen molar-refractivity contribution in [3.8, 4) is 0 Å². The number of carboxylic acids is 1. The van der Waals surface area contributed by atoms with Crippen molar-refractivity contribution < 1.29 is 39.1 Å². The first kappa shape index (κ1) is 27.7. The van der Waals surface area contributed by atoms with Gasteiger partial charge in [-0.1, -0.05) is 12.8 Å². The Labute approximate surface area is 196 Å². The van der Waals surface area contributed by atoms with Gasteiger partial charge >= 0.3 is 5.97 Å². The fourth-order valence-electron chi connectivity index (χ4n) is 3.55.